The van der Waals surface area contributed by atoms with Crippen LogP contribution in [0.4, 0.5) is 0 Å². The zero-order valence-corrected chi connectivity index (χ0v) is 10.5. The van der Waals surface area contributed by atoms with E-state index >= 15 is 0 Å². The molecule has 1 unspecified atom stereocenters. The summed E-state index contributed by atoms with van der Waals surface area (Å²) in [6.07, 6.45) is 2.57. The molecule has 0 bridgehead atoms. The van der Waals surface area contributed by atoms with Crippen molar-refractivity contribution >= 4 is 17.3 Å². The van der Waals surface area contributed by atoms with Gasteiger partial charge in [-0.25, -0.2) is 0 Å². The van der Waals surface area contributed by atoms with Crippen LogP contribution in [0, 0.1) is 5.92 Å². The van der Waals surface area contributed by atoms with E-state index in [2.05, 4.69) is 0 Å². The van der Waals surface area contributed by atoms with Crippen molar-refractivity contribution in [3.63, 3.8) is 0 Å². The molecule has 0 saturated heterocycles. The predicted molar refractivity (Wildman–Crippen MR) is 66.4 cm³/mol. The van der Waals surface area contributed by atoms with Gasteiger partial charge in [-0.3, -0.25) is 4.79 Å². The smallest absolute Gasteiger partial charge is 0.310 e. The van der Waals surface area contributed by atoms with Crippen molar-refractivity contribution in [1.82, 2.24) is 0 Å². The molecule has 0 aliphatic heterocycles. The van der Waals surface area contributed by atoms with Gasteiger partial charge in [-0.1, -0.05) is 19.4 Å². The van der Waals surface area contributed by atoms with Crippen LogP contribution in [-0.4, -0.2) is 19.1 Å². The fraction of sp³-hybridized carbons (Fsp3) is 0.583. The Balaban J connectivity index is 2.23. The fourth-order valence-electron chi connectivity index (χ4n) is 1.51. The summed E-state index contributed by atoms with van der Waals surface area (Å²) in [5.74, 6) is -0.283. The van der Waals surface area contributed by atoms with Crippen molar-refractivity contribution in [3.8, 4) is 0 Å². The highest BCUT2D eigenvalue weighted by Gasteiger charge is 2.16. The minimum Gasteiger partial charge on any atom is -0.465 e. The Labute approximate surface area is 101 Å². The molecule has 4 heteroatoms. The molecule has 0 aliphatic rings. The first-order valence-electron chi connectivity index (χ1n) is 5.67. The van der Waals surface area contributed by atoms with Crippen LogP contribution in [0.1, 0.15) is 24.6 Å². The number of rotatable bonds is 7. The second-order valence-corrected chi connectivity index (χ2v) is 4.75. The van der Waals surface area contributed by atoms with Crippen LogP contribution in [0.2, 0.25) is 0 Å². The van der Waals surface area contributed by atoms with E-state index in [1.165, 1.54) is 4.88 Å². The summed E-state index contributed by atoms with van der Waals surface area (Å²) < 4.78 is 5.21. The number of nitrogens with two attached hydrogens (primary N) is 1. The quantitative estimate of drug-likeness (QED) is 0.745. The average molecular weight is 241 g/mol. The lowest BCUT2D eigenvalue weighted by Crippen LogP contribution is -2.26. The highest BCUT2D eigenvalue weighted by molar-refractivity contribution is 7.09. The van der Waals surface area contributed by atoms with Gasteiger partial charge in [0.25, 0.3) is 0 Å². The Hall–Kier alpha value is -0.870. The van der Waals surface area contributed by atoms with E-state index in [0.717, 1.165) is 19.3 Å². The summed E-state index contributed by atoms with van der Waals surface area (Å²) >= 11 is 1.68. The Kier molecular flexibility index (Phi) is 6.11. The first-order valence-corrected chi connectivity index (χ1v) is 6.55. The minimum absolute atomic E-state index is 0.131. The summed E-state index contributed by atoms with van der Waals surface area (Å²) in [7, 11) is 0. The molecule has 1 aromatic heterocycles. The maximum atomic E-state index is 11.6. The molecule has 0 saturated carbocycles. The first-order chi connectivity index (χ1) is 7.77. The second-order valence-electron chi connectivity index (χ2n) is 3.72. The Morgan fingerprint density at radius 3 is 3.00 bits per heavy atom. The highest BCUT2D eigenvalue weighted by Crippen LogP contribution is 2.11. The van der Waals surface area contributed by atoms with Crippen LogP contribution in [-0.2, 0) is 16.0 Å². The van der Waals surface area contributed by atoms with Gasteiger partial charge in [-0.05, 0) is 17.9 Å². The molecule has 1 rings (SSSR count). The SMILES string of the molecule is CCCC(CN)C(=O)OCCc1cccs1. The molecular formula is C12H19NO2S. The predicted octanol–water partition coefficient (Wildman–Crippen LogP) is 2.21. The summed E-state index contributed by atoms with van der Waals surface area (Å²) in [5.41, 5.74) is 5.53. The number of ether oxygens (including phenoxy) is 1. The van der Waals surface area contributed by atoms with Gasteiger partial charge < -0.3 is 10.5 Å². The third kappa shape index (κ3) is 4.33. The van der Waals surface area contributed by atoms with Crippen LogP contribution in [0.5, 0.6) is 0 Å². The monoisotopic (exact) mass is 241 g/mol. The molecule has 1 atom stereocenters. The number of carbonyl (C=O) groups excluding carboxylic acids is 1. The van der Waals surface area contributed by atoms with Crippen LogP contribution in [0.15, 0.2) is 17.5 Å². The first kappa shape index (κ1) is 13.2. The molecule has 0 fully saturated rings. The Bertz CT molecular complexity index is 298. The third-order valence-corrected chi connectivity index (χ3v) is 3.36. The van der Waals surface area contributed by atoms with Crippen LogP contribution in [0.25, 0.3) is 0 Å². The fourth-order valence-corrected chi connectivity index (χ4v) is 2.20. The van der Waals surface area contributed by atoms with E-state index in [4.69, 9.17) is 10.5 Å². The minimum atomic E-state index is -0.152. The molecule has 0 amide bonds. The lowest BCUT2D eigenvalue weighted by molar-refractivity contribution is -0.148. The number of hydrogen-bond acceptors (Lipinski definition) is 4. The topological polar surface area (TPSA) is 52.3 Å². The molecule has 1 heterocycles. The summed E-state index contributed by atoms with van der Waals surface area (Å²) in [4.78, 5) is 12.8. The summed E-state index contributed by atoms with van der Waals surface area (Å²) in [6.45, 7) is 2.88. The largest absolute Gasteiger partial charge is 0.465 e. The molecule has 0 radical (unpaired) electrons. The van der Waals surface area contributed by atoms with Crippen LogP contribution >= 0.6 is 11.3 Å². The van der Waals surface area contributed by atoms with Crippen molar-refractivity contribution in [1.29, 1.82) is 0 Å². The lowest BCUT2D eigenvalue weighted by Gasteiger charge is -2.12. The van der Waals surface area contributed by atoms with E-state index in [-0.39, 0.29) is 11.9 Å². The van der Waals surface area contributed by atoms with Gasteiger partial charge in [0.15, 0.2) is 0 Å². The van der Waals surface area contributed by atoms with Crippen molar-refractivity contribution in [2.24, 2.45) is 11.7 Å². The van der Waals surface area contributed by atoms with Gasteiger partial charge in [0, 0.05) is 17.8 Å². The maximum Gasteiger partial charge on any atom is 0.310 e. The average Bonchev–Trinajstić information content (AvgIpc) is 2.78. The highest BCUT2D eigenvalue weighted by atomic mass is 32.1. The molecule has 0 aliphatic carbocycles. The molecule has 16 heavy (non-hydrogen) atoms. The van der Waals surface area contributed by atoms with Crippen molar-refractivity contribution < 1.29 is 9.53 Å². The zero-order valence-electron chi connectivity index (χ0n) is 9.65. The Morgan fingerprint density at radius 1 is 1.62 bits per heavy atom. The van der Waals surface area contributed by atoms with Crippen molar-refractivity contribution in [2.75, 3.05) is 13.2 Å². The van der Waals surface area contributed by atoms with Gasteiger partial charge in [0.1, 0.15) is 0 Å². The Morgan fingerprint density at radius 2 is 2.44 bits per heavy atom. The molecular weight excluding hydrogens is 222 g/mol. The summed E-state index contributed by atoms with van der Waals surface area (Å²) in [5, 5.41) is 2.02. The van der Waals surface area contributed by atoms with E-state index in [1.807, 2.05) is 24.4 Å². The molecule has 3 nitrogen and oxygen atoms in total. The van der Waals surface area contributed by atoms with Gasteiger partial charge in [0.2, 0.25) is 0 Å². The van der Waals surface area contributed by atoms with Crippen LogP contribution < -0.4 is 5.73 Å². The normalized spacial score (nSPS) is 12.4. The number of carbonyl (C=O) groups is 1. The lowest BCUT2D eigenvalue weighted by atomic mass is 10.0. The van der Waals surface area contributed by atoms with Crippen LogP contribution in [0.3, 0.4) is 0 Å². The van der Waals surface area contributed by atoms with E-state index in [0.29, 0.717) is 13.2 Å². The molecule has 1 aromatic rings. The molecule has 90 valence electrons. The van der Waals surface area contributed by atoms with Crippen molar-refractivity contribution in [3.05, 3.63) is 22.4 Å². The number of hydrogen-bond donors (Lipinski definition) is 1. The van der Waals surface area contributed by atoms with Gasteiger partial charge >= 0.3 is 5.97 Å². The molecule has 0 spiro atoms. The summed E-state index contributed by atoms with van der Waals surface area (Å²) in [6, 6.07) is 4.05. The number of esters is 1. The molecule has 2 N–H and O–H groups in total. The van der Waals surface area contributed by atoms with Gasteiger partial charge in [0.05, 0.1) is 12.5 Å². The van der Waals surface area contributed by atoms with E-state index in [1.54, 1.807) is 11.3 Å². The number of thiophene rings is 1. The zero-order chi connectivity index (χ0) is 11.8. The van der Waals surface area contributed by atoms with Crippen molar-refractivity contribution in [2.45, 2.75) is 26.2 Å². The second kappa shape index (κ2) is 7.41. The van der Waals surface area contributed by atoms with E-state index < -0.39 is 0 Å². The third-order valence-electron chi connectivity index (χ3n) is 2.43. The van der Waals surface area contributed by atoms with Gasteiger partial charge in [-0.15, -0.1) is 11.3 Å². The van der Waals surface area contributed by atoms with E-state index in [9.17, 15) is 4.79 Å². The standard InChI is InChI=1S/C12H19NO2S/c1-2-4-10(9-13)12(14)15-7-6-11-5-3-8-16-11/h3,5,8,10H,2,4,6-7,9,13H2,1H3. The van der Waals surface area contributed by atoms with Gasteiger partial charge in [-0.2, -0.15) is 0 Å². The molecule has 0 aromatic carbocycles. The maximum absolute atomic E-state index is 11.6.